The molecule has 76 valence electrons. The number of rotatable bonds is 2. The first-order chi connectivity index (χ1) is 6.68. The highest BCUT2D eigenvalue weighted by Gasteiger charge is 2.32. The van der Waals surface area contributed by atoms with Gasteiger partial charge in [0, 0.05) is 0 Å². The molecule has 1 aromatic carbocycles. The number of hydrogen-bond donors (Lipinski definition) is 0. The van der Waals surface area contributed by atoms with Crippen molar-refractivity contribution in [2.45, 2.75) is 18.1 Å². The Balaban J connectivity index is 2.13. The molecule has 1 fully saturated rings. The molecule has 1 saturated heterocycles. The van der Waals surface area contributed by atoms with Crippen LogP contribution >= 0.6 is 0 Å². The lowest BCUT2D eigenvalue weighted by Crippen LogP contribution is -2.17. The monoisotopic (exact) mass is 212 g/mol. The van der Waals surface area contributed by atoms with Crippen molar-refractivity contribution in [3.05, 3.63) is 35.9 Å². The summed E-state index contributed by atoms with van der Waals surface area (Å²) in [5.74, 6) is 0. The highest BCUT2D eigenvalue weighted by Crippen LogP contribution is 2.21. The molecule has 14 heavy (non-hydrogen) atoms. The fourth-order valence-electron chi connectivity index (χ4n) is 1.62. The fraction of sp³-hybridized carbons (Fsp3) is 0.400. The van der Waals surface area contributed by atoms with Crippen LogP contribution in [-0.4, -0.2) is 20.3 Å². The summed E-state index contributed by atoms with van der Waals surface area (Å²) in [6.07, 6.45) is 1.17. The van der Waals surface area contributed by atoms with E-state index < -0.39 is 10.1 Å². The van der Waals surface area contributed by atoms with Gasteiger partial charge < -0.3 is 0 Å². The lowest BCUT2D eigenvalue weighted by Gasteiger charge is -2.06. The predicted molar refractivity (Wildman–Crippen MR) is 53.4 cm³/mol. The molecule has 0 aromatic heterocycles. The molecule has 1 heterocycles. The molecular weight excluding hydrogens is 200 g/mol. The first-order valence-electron chi connectivity index (χ1n) is 4.61. The van der Waals surface area contributed by atoms with Crippen LogP contribution in [0, 0.1) is 0 Å². The van der Waals surface area contributed by atoms with Gasteiger partial charge in [-0.2, -0.15) is 8.42 Å². The van der Waals surface area contributed by atoms with Gasteiger partial charge in [-0.05, 0) is 18.4 Å². The average molecular weight is 212 g/mol. The summed E-state index contributed by atoms with van der Waals surface area (Å²) in [7, 11) is -3.29. The van der Waals surface area contributed by atoms with E-state index in [0.717, 1.165) is 5.56 Å². The molecule has 0 amide bonds. The second-order valence-electron chi connectivity index (χ2n) is 3.42. The van der Waals surface area contributed by atoms with Crippen molar-refractivity contribution < 1.29 is 12.6 Å². The van der Waals surface area contributed by atoms with E-state index in [2.05, 4.69) is 0 Å². The van der Waals surface area contributed by atoms with E-state index in [9.17, 15) is 8.42 Å². The zero-order valence-corrected chi connectivity index (χ0v) is 8.53. The minimum atomic E-state index is -3.29. The van der Waals surface area contributed by atoms with Gasteiger partial charge in [-0.3, -0.25) is 4.18 Å². The molecule has 0 spiro atoms. The third-order valence-electron chi connectivity index (χ3n) is 2.40. The summed E-state index contributed by atoms with van der Waals surface area (Å²) in [6.45, 7) is 0.333. The zero-order valence-electron chi connectivity index (χ0n) is 7.72. The summed E-state index contributed by atoms with van der Waals surface area (Å²) in [6, 6.07) is 9.63. The largest absolute Gasteiger partial charge is 0.270 e. The predicted octanol–water partition coefficient (Wildman–Crippen LogP) is 1.35. The molecule has 0 aliphatic carbocycles. The van der Waals surface area contributed by atoms with Crippen LogP contribution in [0.15, 0.2) is 30.3 Å². The quantitative estimate of drug-likeness (QED) is 0.695. The topological polar surface area (TPSA) is 43.4 Å². The van der Waals surface area contributed by atoms with Gasteiger partial charge in [0.1, 0.15) is 0 Å². The third kappa shape index (κ3) is 1.96. The van der Waals surface area contributed by atoms with Gasteiger partial charge in [0.05, 0.1) is 11.9 Å². The molecule has 1 aromatic rings. The van der Waals surface area contributed by atoms with Crippen molar-refractivity contribution in [2.24, 2.45) is 0 Å². The summed E-state index contributed by atoms with van der Waals surface area (Å²) >= 11 is 0. The minimum Gasteiger partial charge on any atom is -0.270 e. The molecule has 4 heteroatoms. The molecule has 0 bridgehead atoms. The van der Waals surface area contributed by atoms with Crippen LogP contribution in [0.1, 0.15) is 12.0 Å². The van der Waals surface area contributed by atoms with Crippen LogP contribution in [0.25, 0.3) is 0 Å². The summed E-state index contributed by atoms with van der Waals surface area (Å²) < 4.78 is 27.4. The maximum Gasteiger partial charge on any atom is 0.270 e. The minimum absolute atomic E-state index is 0.333. The Morgan fingerprint density at radius 1 is 1.29 bits per heavy atom. The maximum atomic E-state index is 11.3. The number of benzene rings is 1. The number of hydrogen-bond acceptors (Lipinski definition) is 3. The van der Waals surface area contributed by atoms with Crippen LogP contribution in [0.5, 0.6) is 0 Å². The fourth-order valence-corrected chi connectivity index (χ4v) is 2.92. The molecular formula is C10H12O3S. The molecule has 2 rings (SSSR count). The second-order valence-corrected chi connectivity index (χ2v) is 5.30. The van der Waals surface area contributed by atoms with Crippen molar-refractivity contribution in [1.29, 1.82) is 0 Å². The molecule has 0 unspecified atom stereocenters. The van der Waals surface area contributed by atoms with Gasteiger partial charge in [0.15, 0.2) is 0 Å². The standard InChI is InChI=1S/C10H12O3S/c11-14(12)10(6-7-13-14)8-9-4-2-1-3-5-9/h1-5,10H,6-8H2/t10-/m1/s1. The first kappa shape index (κ1) is 9.68. The van der Waals surface area contributed by atoms with Crippen LogP contribution in [-0.2, 0) is 20.7 Å². The van der Waals surface area contributed by atoms with E-state index in [0.29, 0.717) is 19.4 Å². The molecule has 1 aliphatic rings. The second kappa shape index (κ2) is 3.71. The molecule has 1 atom stereocenters. The SMILES string of the molecule is O=S1(=O)OCC[C@@H]1Cc1ccccc1. The van der Waals surface area contributed by atoms with Crippen LogP contribution < -0.4 is 0 Å². The van der Waals surface area contributed by atoms with Crippen LogP contribution in [0.4, 0.5) is 0 Å². The molecule has 0 radical (unpaired) electrons. The van der Waals surface area contributed by atoms with Crippen molar-refractivity contribution in [3.63, 3.8) is 0 Å². The van der Waals surface area contributed by atoms with Gasteiger partial charge in [-0.15, -0.1) is 0 Å². The Labute approximate surface area is 83.8 Å². The summed E-state index contributed by atoms with van der Waals surface area (Å²) in [4.78, 5) is 0. The lowest BCUT2D eigenvalue weighted by molar-refractivity contribution is 0.354. The van der Waals surface area contributed by atoms with E-state index in [1.54, 1.807) is 0 Å². The van der Waals surface area contributed by atoms with Crippen molar-refractivity contribution in [2.75, 3.05) is 6.61 Å². The van der Waals surface area contributed by atoms with Gasteiger partial charge in [0.2, 0.25) is 0 Å². The molecule has 1 aliphatic heterocycles. The lowest BCUT2D eigenvalue weighted by atomic mass is 10.1. The Hall–Kier alpha value is -0.870. The van der Waals surface area contributed by atoms with Crippen molar-refractivity contribution in [1.82, 2.24) is 0 Å². The van der Waals surface area contributed by atoms with Gasteiger partial charge in [-0.1, -0.05) is 30.3 Å². The Morgan fingerprint density at radius 3 is 2.57 bits per heavy atom. The van der Waals surface area contributed by atoms with E-state index in [1.165, 1.54) is 0 Å². The average Bonchev–Trinajstić information content (AvgIpc) is 2.48. The first-order valence-corrected chi connectivity index (χ1v) is 6.08. The zero-order chi connectivity index (χ0) is 10.0. The highest BCUT2D eigenvalue weighted by atomic mass is 32.2. The Morgan fingerprint density at radius 2 is 2.00 bits per heavy atom. The van der Waals surface area contributed by atoms with E-state index in [1.807, 2.05) is 30.3 Å². The molecule has 3 nitrogen and oxygen atoms in total. The van der Waals surface area contributed by atoms with Crippen LogP contribution in [0.3, 0.4) is 0 Å². The third-order valence-corrected chi connectivity index (χ3v) is 4.12. The van der Waals surface area contributed by atoms with Crippen molar-refractivity contribution >= 4 is 10.1 Å². The maximum absolute atomic E-state index is 11.3. The molecule has 0 saturated carbocycles. The van der Waals surface area contributed by atoms with E-state index in [4.69, 9.17) is 4.18 Å². The smallest absolute Gasteiger partial charge is 0.270 e. The molecule has 0 N–H and O–H groups in total. The van der Waals surface area contributed by atoms with E-state index in [-0.39, 0.29) is 5.25 Å². The van der Waals surface area contributed by atoms with E-state index >= 15 is 0 Å². The summed E-state index contributed by atoms with van der Waals surface area (Å²) in [5.41, 5.74) is 1.05. The summed E-state index contributed by atoms with van der Waals surface area (Å²) in [5, 5.41) is -0.357. The highest BCUT2D eigenvalue weighted by molar-refractivity contribution is 7.87. The van der Waals surface area contributed by atoms with Crippen LogP contribution in [0.2, 0.25) is 0 Å². The normalized spacial score (nSPS) is 25.0. The van der Waals surface area contributed by atoms with Crippen molar-refractivity contribution in [3.8, 4) is 0 Å². The van der Waals surface area contributed by atoms with Gasteiger partial charge in [-0.25, -0.2) is 0 Å². The Bertz CT molecular complexity index is 397. The van der Waals surface area contributed by atoms with Gasteiger partial charge >= 0.3 is 0 Å². The Kier molecular flexibility index (Phi) is 2.56. The van der Waals surface area contributed by atoms with Gasteiger partial charge in [0.25, 0.3) is 10.1 Å².